The van der Waals surface area contributed by atoms with Crippen molar-refractivity contribution in [3.05, 3.63) is 198 Å². The van der Waals surface area contributed by atoms with Gasteiger partial charge in [-0.25, -0.2) is 24.4 Å². The third-order valence-electron chi connectivity index (χ3n) is 12.8. The van der Waals surface area contributed by atoms with Crippen molar-refractivity contribution in [1.82, 2.24) is 56.1 Å². The fraction of sp³-hybridized carbons (Fsp3) is 0.389. The van der Waals surface area contributed by atoms with Crippen LogP contribution in [0.1, 0.15) is 90.3 Å². The summed E-state index contributed by atoms with van der Waals surface area (Å²) in [5.41, 5.74) is 30.8. The summed E-state index contributed by atoms with van der Waals surface area (Å²) in [5.74, 6) is 0.230. The van der Waals surface area contributed by atoms with Gasteiger partial charge in [0.05, 0.1) is 13.1 Å². The maximum absolute atomic E-state index is 13.0. The Labute approximate surface area is 532 Å². The number of anilines is 1. The fourth-order valence-electron chi connectivity index (χ4n) is 8.52. The zero-order valence-corrected chi connectivity index (χ0v) is 53.5. The summed E-state index contributed by atoms with van der Waals surface area (Å²) in [6, 6.07) is 21.8. The molecular formula is C54H66BrCl3N19NaO7. The van der Waals surface area contributed by atoms with Crippen LogP contribution in [0.2, 0.25) is 15.1 Å². The van der Waals surface area contributed by atoms with E-state index in [0.29, 0.717) is 81.3 Å². The molecule has 0 unspecified atom stereocenters. The summed E-state index contributed by atoms with van der Waals surface area (Å²) >= 11 is 21.2. The molecule has 0 amide bonds. The van der Waals surface area contributed by atoms with Gasteiger partial charge >= 0.3 is 46.6 Å². The molecule has 0 aliphatic rings. The quantitative estimate of drug-likeness (QED) is 0.0326. The number of hydrogen-bond donors (Lipinski definition) is 2. The number of azide groups is 1. The number of aryl methyl sites for hydroxylation is 3. The van der Waals surface area contributed by atoms with Gasteiger partial charge in [-0.2, -0.15) is 4.98 Å². The molecule has 0 spiro atoms. The van der Waals surface area contributed by atoms with E-state index in [-0.39, 0.29) is 95.7 Å². The van der Waals surface area contributed by atoms with Gasteiger partial charge in [-0.3, -0.25) is 46.7 Å². The number of imidazole rings is 3. The Morgan fingerprint density at radius 1 is 0.529 bits per heavy atom. The number of unbranched alkanes of at least 4 members (excludes halogenated alkanes) is 3. The van der Waals surface area contributed by atoms with Crippen LogP contribution in [-0.4, -0.2) is 67.8 Å². The Morgan fingerprint density at radius 3 is 1.16 bits per heavy atom. The van der Waals surface area contributed by atoms with E-state index in [1.807, 2.05) is 57.2 Å². The van der Waals surface area contributed by atoms with E-state index >= 15 is 0 Å². The van der Waals surface area contributed by atoms with Gasteiger partial charge in [0.2, 0.25) is 5.95 Å². The summed E-state index contributed by atoms with van der Waals surface area (Å²) in [4.78, 5) is 93.4. The summed E-state index contributed by atoms with van der Waals surface area (Å²) in [6.07, 6.45) is 4.87. The number of aliphatic hydroxyl groups is 1. The van der Waals surface area contributed by atoms with Crippen molar-refractivity contribution >= 4 is 96.1 Å². The average Bonchev–Trinajstić information content (AvgIpc) is 1.97. The third-order valence-corrected chi connectivity index (χ3v) is 14.1. The minimum Gasteiger partial charge on any atom is -0.397 e. The summed E-state index contributed by atoms with van der Waals surface area (Å²) < 4.78 is 13.3. The number of halogens is 4. The molecule has 0 saturated heterocycles. The van der Waals surface area contributed by atoms with Crippen molar-refractivity contribution in [3.63, 3.8) is 0 Å². The number of rotatable bonds is 16. The largest absolute Gasteiger partial charge is 1.00 e. The number of aromatic nitrogens is 12. The second kappa shape index (κ2) is 34.1. The molecule has 0 aliphatic carbocycles. The number of nitrogens with two attached hydrogens (primary N) is 1. The monoisotopic (exact) mass is 1300 g/mol. The zero-order valence-electron chi connectivity index (χ0n) is 47.7. The first-order valence-corrected chi connectivity index (χ1v) is 28.0. The molecule has 0 saturated carbocycles. The molecule has 6 heterocycles. The molecule has 0 aliphatic heterocycles. The number of nitrogen functional groups attached to an aromatic ring is 1. The SMILES string of the molecule is C.CCCCn1c(=O)c2c(nc(Br)n2Cc2ccc(Cl)cc2)n(C)c1=O.CCCCn1c(=O)c2c(nc(N)n2Cc2ccc(Cl)cc2)n(C)c1=O.CCCCn1c(=O)c2c(nc(N=[N+]=[N-])n2Cc2ccc(Cl)cc2)n(C)c1=O.CCO.[N-]=[N+]=[N-].[Na+]. The summed E-state index contributed by atoms with van der Waals surface area (Å²) in [5, 5.41) is 13.1. The van der Waals surface area contributed by atoms with Crippen LogP contribution >= 0.6 is 50.7 Å². The molecule has 3 N–H and O–H groups in total. The van der Waals surface area contributed by atoms with E-state index in [1.54, 1.807) is 73.6 Å². The number of hydrogen-bond acceptors (Lipinski definition) is 12. The van der Waals surface area contributed by atoms with Gasteiger partial charge in [0.25, 0.3) is 16.7 Å². The van der Waals surface area contributed by atoms with E-state index in [4.69, 9.17) is 62.2 Å². The van der Waals surface area contributed by atoms with Crippen LogP contribution in [0.5, 0.6) is 0 Å². The van der Waals surface area contributed by atoms with Crippen molar-refractivity contribution in [3.8, 4) is 0 Å². The maximum Gasteiger partial charge on any atom is 1.00 e. The molecule has 31 heteroatoms. The van der Waals surface area contributed by atoms with E-state index in [2.05, 4.69) is 40.9 Å². The Bertz CT molecular complexity index is 4020. The van der Waals surface area contributed by atoms with E-state index in [9.17, 15) is 28.8 Å². The molecule has 0 fully saturated rings. The van der Waals surface area contributed by atoms with Crippen molar-refractivity contribution in [2.45, 2.75) is 113 Å². The normalized spacial score (nSPS) is 10.4. The molecule has 448 valence electrons. The minimum absolute atomic E-state index is 0. The fourth-order valence-corrected chi connectivity index (χ4v) is 9.37. The van der Waals surface area contributed by atoms with Gasteiger partial charge in [0, 0.05) is 73.9 Å². The van der Waals surface area contributed by atoms with E-state index in [1.165, 1.54) is 36.9 Å². The van der Waals surface area contributed by atoms with Crippen LogP contribution in [0.4, 0.5) is 11.9 Å². The second-order valence-corrected chi connectivity index (χ2v) is 20.5. The van der Waals surface area contributed by atoms with Crippen LogP contribution < -0.4 is 69.0 Å². The van der Waals surface area contributed by atoms with E-state index in [0.717, 1.165) is 48.8 Å². The van der Waals surface area contributed by atoms with Crippen LogP contribution in [0, 0.1) is 0 Å². The Kier molecular flexibility index (Phi) is 28.9. The second-order valence-electron chi connectivity index (χ2n) is 18.5. The van der Waals surface area contributed by atoms with Crippen molar-refractivity contribution < 1.29 is 34.7 Å². The number of benzene rings is 3. The van der Waals surface area contributed by atoms with Gasteiger partial charge in [0.15, 0.2) is 44.2 Å². The maximum atomic E-state index is 13.0. The van der Waals surface area contributed by atoms with Gasteiger partial charge in [-0.15, -0.1) is 0 Å². The minimum atomic E-state index is -0.442. The first-order chi connectivity index (χ1) is 39.7. The molecule has 0 radical (unpaired) electrons. The summed E-state index contributed by atoms with van der Waals surface area (Å²) in [6.45, 7) is 10.1. The third kappa shape index (κ3) is 17.3. The first kappa shape index (κ1) is 72.1. The predicted octanol–water partition coefficient (Wildman–Crippen LogP) is 6.99. The molecule has 9 aromatic rings. The van der Waals surface area contributed by atoms with Gasteiger partial charge < -0.3 is 35.6 Å². The smallest absolute Gasteiger partial charge is 0.397 e. The van der Waals surface area contributed by atoms with Crippen molar-refractivity contribution in [1.29, 1.82) is 0 Å². The molecule has 85 heavy (non-hydrogen) atoms. The molecule has 0 bridgehead atoms. The Morgan fingerprint density at radius 2 is 0.824 bits per heavy atom. The van der Waals surface area contributed by atoms with Crippen LogP contribution in [0.3, 0.4) is 0 Å². The van der Waals surface area contributed by atoms with Crippen molar-refractivity contribution in [2.24, 2.45) is 26.3 Å². The molecular weight excluding hydrogens is 1240 g/mol. The standard InChI is InChI=1S/C17H18BrClN4O2.C17H18ClN7O2.C17H20ClN5O2.C2H6O.CH4.N3.Na/c1-3-4-9-22-15(24)13-14(21(2)17(22)25)20-16(18)23(13)10-11-5-7-12(19)8-6-11;1-3-4-9-24-15(26)13-14(23(2)17(24)27)20-16(21-22-19)25(13)10-11-5-7-12(18)8-6-11;1-3-4-9-22-15(24)13-14(21(2)17(22)25)20-16(19)23(13)10-11-5-7-12(18)8-6-11;1-2-3;;1-3-2;/h5-8H,3-4,9-10H2,1-2H3;5-8H,3-4,9-10H2,1-2H3;5-8H,3-4,9-10H2,1-2H3,(H2,19,20);3H,2H2,1H3;1H4;;/q;;;;;-1;+1. The molecule has 6 aromatic heterocycles. The topological polar surface area (TPSA) is 339 Å². The molecule has 0 atom stereocenters. The molecule has 9 rings (SSSR count). The zero-order chi connectivity index (χ0) is 61.2. The van der Waals surface area contributed by atoms with Crippen LogP contribution in [0.25, 0.3) is 59.9 Å². The van der Waals surface area contributed by atoms with Gasteiger partial charge in [-0.1, -0.05) is 119 Å². The Balaban J connectivity index is 0.000000315. The van der Waals surface area contributed by atoms with Gasteiger partial charge in [0.1, 0.15) is 0 Å². The number of nitrogens with zero attached hydrogens (tertiary/aromatic N) is 18. The molecule has 26 nitrogen and oxygen atoms in total. The predicted molar refractivity (Wildman–Crippen MR) is 335 cm³/mol. The number of aliphatic hydroxyl groups excluding tert-OH is 1. The summed E-state index contributed by atoms with van der Waals surface area (Å²) in [7, 11) is 4.79. The number of fused-ring (bicyclic) bond motifs is 3. The van der Waals surface area contributed by atoms with E-state index < -0.39 is 11.2 Å². The van der Waals surface area contributed by atoms with Crippen LogP contribution in [-0.2, 0) is 60.4 Å². The van der Waals surface area contributed by atoms with Gasteiger partial charge in [-0.05, 0) is 106 Å². The Hall–Kier alpha value is -7.16. The van der Waals surface area contributed by atoms with Crippen LogP contribution in [0.15, 0.2) is 111 Å². The van der Waals surface area contributed by atoms with Crippen molar-refractivity contribution in [2.75, 3.05) is 12.3 Å². The average molecular weight is 1300 g/mol. The first-order valence-electron chi connectivity index (χ1n) is 26.1. The molecule has 3 aromatic carbocycles.